The molecule has 0 spiro atoms. The van der Waals surface area contributed by atoms with Crippen LogP contribution in [0.15, 0.2) is 54.6 Å². The molecule has 1 amide bonds. The molecule has 1 aliphatic carbocycles. The number of amides is 1. The van der Waals surface area contributed by atoms with E-state index in [1.54, 1.807) is 0 Å². The molecule has 3 aliphatic rings. The Hall–Kier alpha value is -2.75. The van der Waals surface area contributed by atoms with Crippen molar-refractivity contribution in [1.82, 2.24) is 4.90 Å². The van der Waals surface area contributed by atoms with Gasteiger partial charge in [0.15, 0.2) is 0 Å². The van der Waals surface area contributed by atoms with E-state index in [0.29, 0.717) is 11.8 Å². The molecule has 150 valence electrons. The predicted octanol–water partition coefficient (Wildman–Crippen LogP) is 4.82. The van der Waals surface area contributed by atoms with Gasteiger partial charge in [-0.1, -0.05) is 36.4 Å². The predicted molar refractivity (Wildman–Crippen MR) is 119 cm³/mol. The zero-order chi connectivity index (χ0) is 20.0. The molecular formula is C25H29N3O. The number of rotatable bonds is 3. The van der Waals surface area contributed by atoms with Crippen LogP contribution in [-0.2, 0) is 0 Å². The van der Waals surface area contributed by atoms with Crippen LogP contribution >= 0.6 is 0 Å². The molecular weight excluding hydrogens is 358 g/mol. The molecule has 1 N–H and O–H groups in total. The third-order valence-corrected chi connectivity index (χ3v) is 6.79. The van der Waals surface area contributed by atoms with Gasteiger partial charge >= 0.3 is 0 Å². The summed E-state index contributed by atoms with van der Waals surface area (Å²) in [5, 5.41) is 3.81. The molecule has 1 saturated heterocycles. The number of para-hydroxylation sites is 1. The van der Waals surface area contributed by atoms with Crippen LogP contribution < -0.4 is 10.2 Å². The second-order valence-electron chi connectivity index (χ2n) is 8.73. The average molecular weight is 388 g/mol. The summed E-state index contributed by atoms with van der Waals surface area (Å²) in [4.78, 5) is 17.4. The molecule has 2 aliphatic heterocycles. The van der Waals surface area contributed by atoms with Gasteiger partial charge in [-0.3, -0.25) is 4.79 Å². The maximum Gasteiger partial charge on any atom is 0.255 e. The van der Waals surface area contributed by atoms with Gasteiger partial charge in [0.2, 0.25) is 0 Å². The van der Waals surface area contributed by atoms with Gasteiger partial charge in [-0.2, -0.15) is 0 Å². The minimum absolute atomic E-state index is 0.175. The van der Waals surface area contributed by atoms with E-state index in [2.05, 4.69) is 72.9 Å². The second-order valence-corrected chi connectivity index (χ2v) is 8.73. The summed E-state index contributed by atoms with van der Waals surface area (Å²) in [5.41, 5.74) is 5.64. The van der Waals surface area contributed by atoms with Gasteiger partial charge in [-0.15, -0.1) is 0 Å². The first-order chi connectivity index (χ1) is 14.1. The summed E-state index contributed by atoms with van der Waals surface area (Å²) in [5.74, 6) is 1.04. The highest BCUT2D eigenvalue weighted by Crippen LogP contribution is 2.50. The van der Waals surface area contributed by atoms with Crippen molar-refractivity contribution in [1.29, 1.82) is 0 Å². The van der Waals surface area contributed by atoms with E-state index in [9.17, 15) is 4.79 Å². The molecule has 2 heterocycles. The van der Waals surface area contributed by atoms with E-state index >= 15 is 0 Å². The van der Waals surface area contributed by atoms with Gasteiger partial charge in [0.05, 0.1) is 17.3 Å². The lowest BCUT2D eigenvalue weighted by Gasteiger charge is -2.38. The van der Waals surface area contributed by atoms with Gasteiger partial charge in [0.1, 0.15) is 0 Å². The Balaban J connectivity index is 1.53. The third-order valence-electron chi connectivity index (χ3n) is 6.79. The van der Waals surface area contributed by atoms with E-state index in [-0.39, 0.29) is 11.9 Å². The van der Waals surface area contributed by atoms with Crippen LogP contribution in [0, 0.1) is 5.92 Å². The fourth-order valence-corrected chi connectivity index (χ4v) is 5.20. The standard InChI is InChI=1S/C25H29N3O/c1-27(2)18-13-11-17(12-14-18)23-20-8-5-7-19(20)21-9-6-10-22(24(21)26-23)25(29)28-15-3-4-16-28/h5-7,9-14,19-20,23,26H,3-4,8,15-16H2,1-2H3. The molecule has 5 rings (SSSR count). The number of benzene rings is 2. The van der Waals surface area contributed by atoms with Crippen molar-refractivity contribution in [2.75, 3.05) is 37.4 Å². The molecule has 0 saturated carbocycles. The Morgan fingerprint density at radius 1 is 1.07 bits per heavy atom. The molecule has 0 aromatic heterocycles. The van der Waals surface area contributed by atoms with Gasteiger partial charge < -0.3 is 15.1 Å². The molecule has 2 aromatic carbocycles. The molecule has 3 atom stereocenters. The molecule has 0 radical (unpaired) electrons. The first-order valence-corrected chi connectivity index (χ1v) is 10.8. The first-order valence-electron chi connectivity index (χ1n) is 10.8. The molecule has 0 bridgehead atoms. The zero-order valence-corrected chi connectivity index (χ0v) is 17.3. The fraction of sp³-hybridized carbons (Fsp3) is 0.400. The number of fused-ring (bicyclic) bond motifs is 3. The van der Waals surface area contributed by atoms with Crippen LogP contribution in [0.4, 0.5) is 11.4 Å². The summed E-state index contributed by atoms with van der Waals surface area (Å²) < 4.78 is 0. The summed E-state index contributed by atoms with van der Waals surface area (Å²) in [6, 6.07) is 15.3. The van der Waals surface area contributed by atoms with E-state index < -0.39 is 0 Å². The lowest BCUT2D eigenvalue weighted by molar-refractivity contribution is 0.0793. The minimum Gasteiger partial charge on any atom is -0.378 e. The van der Waals surface area contributed by atoms with E-state index in [1.807, 2.05) is 11.0 Å². The quantitative estimate of drug-likeness (QED) is 0.768. The maximum atomic E-state index is 13.2. The number of allylic oxidation sites excluding steroid dienone is 2. The average Bonchev–Trinajstić information content (AvgIpc) is 3.44. The number of carbonyl (C=O) groups excluding carboxylic acids is 1. The summed E-state index contributed by atoms with van der Waals surface area (Å²) in [7, 11) is 4.13. The molecule has 3 unspecified atom stereocenters. The Bertz CT molecular complexity index is 941. The summed E-state index contributed by atoms with van der Waals surface area (Å²) in [6.07, 6.45) is 7.95. The summed E-state index contributed by atoms with van der Waals surface area (Å²) in [6.45, 7) is 1.76. The molecule has 29 heavy (non-hydrogen) atoms. The van der Waals surface area contributed by atoms with Crippen LogP contribution in [0.5, 0.6) is 0 Å². The number of nitrogens with one attached hydrogen (secondary N) is 1. The van der Waals surface area contributed by atoms with Crippen LogP contribution in [-0.4, -0.2) is 38.0 Å². The highest BCUT2D eigenvalue weighted by atomic mass is 16.2. The number of carbonyl (C=O) groups is 1. The number of anilines is 2. The first kappa shape index (κ1) is 18.3. The van der Waals surface area contributed by atoms with E-state index in [0.717, 1.165) is 43.6 Å². The maximum absolute atomic E-state index is 13.2. The lowest BCUT2D eigenvalue weighted by atomic mass is 9.76. The smallest absolute Gasteiger partial charge is 0.255 e. The molecule has 1 fully saturated rings. The summed E-state index contributed by atoms with van der Waals surface area (Å²) >= 11 is 0. The third kappa shape index (κ3) is 3.11. The zero-order valence-electron chi connectivity index (χ0n) is 17.3. The highest BCUT2D eigenvalue weighted by molar-refractivity contribution is 6.01. The Morgan fingerprint density at radius 3 is 2.55 bits per heavy atom. The largest absolute Gasteiger partial charge is 0.378 e. The Morgan fingerprint density at radius 2 is 1.83 bits per heavy atom. The van der Waals surface area contributed by atoms with Gasteiger partial charge in [-0.05, 0) is 54.5 Å². The SMILES string of the molecule is CN(C)c1ccc(C2Nc3c(C(=O)N4CCCC4)cccc3C3C=CCC32)cc1. The molecule has 4 heteroatoms. The van der Waals surface area contributed by atoms with Crippen molar-refractivity contribution >= 4 is 17.3 Å². The minimum atomic E-state index is 0.175. The highest BCUT2D eigenvalue weighted by Gasteiger charge is 2.39. The Labute approximate surface area is 173 Å². The number of hydrogen-bond donors (Lipinski definition) is 1. The van der Waals surface area contributed by atoms with Gasteiger partial charge in [0, 0.05) is 38.8 Å². The Kier molecular flexibility index (Phi) is 4.57. The van der Waals surface area contributed by atoms with Crippen LogP contribution in [0.2, 0.25) is 0 Å². The van der Waals surface area contributed by atoms with Crippen LogP contribution in [0.25, 0.3) is 0 Å². The van der Waals surface area contributed by atoms with Crippen LogP contribution in [0.3, 0.4) is 0 Å². The van der Waals surface area contributed by atoms with Crippen molar-refractivity contribution < 1.29 is 4.79 Å². The van der Waals surface area contributed by atoms with Crippen molar-refractivity contribution in [3.63, 3.8) is 0 Å². The van der Waals surface area contributed by atoms with E-state index in [1.165, 1.54) is 16.8 Å². The normalized spacial score (nSPS) is 24.8. The van der Waals surface area contributed by atoms with Gasteiger partial charge in [-0.25, -0.2) is 0 Å². The molecule has 4 nitrogen and oxygen atoms in total. The van der Waals surface area contributed by atoms with Crippen molar-refractivity contribution in [3.8, 4) is 0 Å². The van der Waals surface area contributed by atoms with Crippen molar-refractivity contribution in [2.24, 2.45) is 5.92 Å². The number of nitrogens with zero attached hydrogens (tertiary/aromatic N) is 2. The van der Waals surface area contributed by atoms with Crippen molar-refractivity contribution in [2.45, 2.75) is 31.2 Å². The lowest BCUT2D eigenvalue weighted by Crippen LogP contribution is -2.33. The van der Waals surface area contributed by atoms with Gasteiger partial charge in [0.25, 0.3) is 5.91 Å². The monoisotopic (exact) mass is 387 g/mol. The van der Waals surface area contributed by atoms with Crippen LogP contribution in [0.1, 0.15) is 52.7 Å². The van der Waals surface area contributed by atoms with Crippen molar-refractivity contribution in [3.05, 3.63) is 71.3 Å². The molecule has 2 aromatic rings. The number of likely N-dealkylation sites (tertiary alicyclic amines) is 1. The fourth-order valence-electron chi connectivity index (χ4n) is 5.20. The topological polar surface area (TPSA) is 35.6 Å². The number of hydrogen-bond acceptors (Lipinski definition) is 3. The van der Waals surface area contributed by atoms with E-state index in [4.69, 9.17) is 0 Å². The second kappa shape index (κ2) is 7.25.